The van der Waals surface area contributed by atoms with Gasteiger partial charge >= 0.3 is 5.97 Å². The van der Waals surface area contributed by atoms with Crippen molar-refractivity contribution in [3.63, 3.8) is 0 Å². The number of hydrogen-bond donors (Lipinski definition) is 6. The van der Waals surface area contributed by atoms with Crippen LogP contribution in [0.1, 0.15) is 20.3 Å². The Morgan fingerprint density at radius 1 is 1.29 bits per heavy atom. The topological polar surface area (TPSA) is 170 Å². The van der Waals surface area contributed by atoms with Crippen molar-refractivity contribution in [2.24, 2.45) is 11.1 Å². The number of aliphatic hydroxyl groups excluding tert-OH is 3. The predicted molar refractivity (Wildman–Crippen MR) is 71.1 cm³/mol. The quantitative estimate of drug-likeness (QED) is 0.248. The van der Waals surface area contributed by atoms with E-state index in [-0.39, 0.29) is 6.42 Å². The minimum Gasteiger partial charge on any atom is -0.479 e. The van der Waals surface area contributed by atoms with Gasteiger partial charge in [0.2, 0.25) is 5.91 Å². The molecule has 0 fully saturated rings. The molecule has 21 heavy (non-hydrogen) atoms. The van der Waals surface area contributed by atoms with Crippen molar-refractivity contribution in [2.75, 3.05) is 6.54 Å². The van der Waals surface area contributed by atoms with Gasteiger partial charge in [0.25, 0.3) is 0 Å². The first-order valence-corrected chi connectivity index (χ1v) is 6.29. The van der Waals surface area contributed by atoms with E-state index in [2.05, 4.69) is 5.32 Å². The second kappa shape index (κ2) is 8.03. The van der Waals surface area contributed by atoms with Crippen molar-refractivity contribution in [2.45, 2.75) is 44.6 Å². The van der Waals surface area contributed by atoms with Gasteiger partial charge in [-0.15, -0.1) is 0 Å². The van der Waals surface area contributed by atoms with Crippen LogP contribution >= 0.6 is 0 Å². The molecule has 0 heterocycles. The zero-order valence-corrected chi connectivity index (χ0v) is 11.9. The highest BCUT2D eigenvalue weighted by atomic mass is 16.4. The Morgan fingerprint density at radius 3 is 2.24 bits per heavy atom. The third-order valence-electron chi connectivity index (χ3n) is 2.98. The fraction of sp³-hybridized carbons (Fsp3) is 0.750. The van der Waals surface area contributed by atoms with Crippen LogP contribution in [-0.2, 0) is 14.4 Å². The van der Waals surface area contributed by atoms with Gasteiger partial charge in [0, 0.05) is 12.0 Å². The van der Waals surface area contributed by atoms with Gasteiger partial charge in [0.1, 0.15) is 18.5 Å². The SMILES string of the molecule is CC(C)(CC(N)C=O)C(=O)NCC(O)C(O)C(O)C(=O)O. The standard InChI is InChI=1S/C12H22N2O7/c1-12(2,3-6(13)5-15)11(21)14-4-7(16)8(17)9(18)10(19)20/h5-9,16-18H,3-4,13H2,1-2H3,(H,14,21)(H,19,20). The van der Waals surface area contributed by atoms with E-state index in [1.807, 2.05) is 0 Å². The lowest BCUT2D eigenvalue weighted by Gasteiger charge is -2.26. The highest BCUT2D eigenvalue weighted by molar-refractivity contribution is 5.82. The minimum absolute atomic E-state index is 0.0821. The molecule has 0 aromatic carbocycles. The summed E-state index contributed by atoms with van der Waals surface area (Å²) in [7, 11) is 0. The Morgan fingerprint density at radius 2 is 1.81 bits per heavy atom. The second-order valence-corrected chi connectivity index (χ2v) is 5.44. The fourth-order valence-corrected chi connectivity index (χ4v) is 1.64. The smallest absolute Gasteiger partial charge is 0.335 e. The minimum atomic E-state index is -2.16. The third-order valence-corrected chi connectivity index (χ3v) is 2.98. The molecule has 122 valence electrons. The molecule has 0 radical (unpaired) electrons. The van der Waals surface area contributed by atoms with E-state index < -0.39 is 48.2 Å². The van der Waals surface area contributed by atoms with Gasteiger partial charge in [-0.3, -0.25) is 4.79 Å². The summed E-state index contributed by atoms with van der Waals surface area (Å²) in [5, 5.41) is 38.7. The van der Waals surface area contributed by atoms with E-state index in [4.69, 9.17) is 15.9 Å². The number of rotatable bonds is 9. The summed E-state index contributed by atoms with van der Waals surface area (Å²) in [6.07, 6.45) is -5.16. The summed E-state index contributed by atoms with van der Waals surface area (Å²) in [6, 6.07) is -0.810. The molecular formula is C12H22N2O7. The highest BCUT2D eigenvalue weighted by Crippen LogP contribution is 2.21. The number of aliphatic carboxylic acids is 1. The Labute approximate surface area is 121 Å². The van der Waals surface area contributed by atoms with E-state index in [9.17, 15) is 24.6 Å². The highest BCUT2D eigenvalue weighted by Gasteiger charge is 2.33. The van der Waals surface area contributed by atoms with E-state index in [0.29, 0.717) is 6.29 Å². The molecule has 4 unspecified atom stereocenters. The van der Waals surface area contributed by atoms with Crippen LogP contribution in [0.2, 0.25) is 0 Å². The van der Waals surface area contributed by atoms with Crippen molar-refractivity contribution in [1.29, 1.82) is 0 Å². The summed E-state index contributed by atoms with van der Waals surface area (Å²) in [5.41, 5.74) is 4.45. The van der Waals surface area contributed by atoms with Gasteiger partial charge in [-0.2, -0.15) is 0 Å². The first-order chi connectivity index (χ1) is 9.52. The Bertz CT molecular complexity index is 386. The molecule has 4 atom stereocenters. The Balaban J connectivity index is 4.47. The van der Waals surface area contributed by atoms with Crippen molar-refractivity contribution in [1.82, 2.24) is 5.32 Å². The maximum absolute atomic E-state index is 11.9. The monoisotopic (exact) mass is 306 g/mol. The number of amides is 1. The number of nitrogens with one attached hydrogen (secondary N) is 1. The average Bonchev–Trinajstić information content (AvgIpc) is 2.41. The molecule has 0 aliphatic carbocycles. The number of carboxylic acid groups (broad SMARTS) is 1. The first kappa shape index (κ1) is 19.4. The lowest BCUT2D eigenvalue weighted by atomic mass is 9.85. The molecule has 0 aliphatic heterocycles. The van der Waals surface area contributed by atoms with E-state index in [0.717, 1.165) is 0 Å². The van der Waals surface area contributed by atoms with Crippen LogP contribution in [0.5, 0.6) is 0 Å². The van der Waals surface area contributed by atoms with Gasteiger partial charge in [0.05, 0.1) is 6.04 Å². The van der Waals surface area contributed by atoms with Crippen molar-refractivity contribution in [3.8, 4) is 0 Å². The van der Waals surface area contributed by atoms with Crippen molar-refractivity contribution < 1.29 is 34.8 Å². The van der Waals surface area contributed by atoms with Crippen LogP contribution in [0, 0.1) is 5.41 Å². The van der Waals surface area contributed by atoms with Gasteiger partial charge in [-0.05, 0) is 6.42 Å². The van der Waals surface area contributed by atoms with E-state index >= 15 is 0 Å². The number of aldehydes is 1. The molecule has 0 rings (SSSR count). The average molecular weight is 306 g/mol. The molecule has 0 spiro atoms. The summed E-state index contributed by atoms with van der Waals surface area (Å²) >= 11 is 0. The lowest BCUT2D eigenvalue weighted by molar-refractivity contribution is -0.157. The Hall–Kier alpha value is -1.55. The van der Waals surface area contributed by atoms with Crippen LogP contribution in [0.15, 0.2) is 0 Å². The molecule has 0 aromatic heterocycles. The molecule has 0 saturated heterocycles. The van der Waals surface area contributed by atoms with Gasteiger partial charge in [0.15, 0.2) is 6.10 Å². The maximum atomic E-state index is 11.9. The molecule has 0 aromatic rings. The van der Waals surface area contributed by atoms with Crippen LogP contribution in [0.3, 0.4) is 0 Å². The van der Waals surface area contributed by atoms with E-state index in [1.165, 1.54) is 0 Å². The van der Waals surface area contributed by atoms with Gasteiger partial charge < -0.3 is 36.3 Å². The summed E-state index contributed by atoms with van der Waals surface area (Å²) in [6.45, 7) is 2.63. The summed E-state index contributed by atoms with van der Waals surface area (Å²) in [4.78, 5) is 32.8. The van der Waals surface area contributed by atoms with Gasteiger partial charge in [-0.1, -0.05) is 13.8 Å². The number of hydrogen-bond acceptors (Lipinski definition) is 7. The third kappa shape index (κ3) is 6.17. The molecule has 0 bridgehead atoms. The van der Waals surface area contributed by atoms with Crippen LogP contribution in [-0.4, -0.2) is 69.5 Å². The van der Waals surface area contributed by atoms with Crippen molar-refractivity contribution >= 4 is 18.2 Å². The van der Waals surface area contributed by atoms with Crippen LogP contribution < -0.4 is 11.1 Å². The molecule has 9 nitrogen and oxygen atoms in total. The summed E-state index contributed by atoms with van der Waals surface area (Å²) in [5.74, 6) is -2.22. The van der Waals surface area contributed by atoms with Gasteiger partial charge in [-0.25, -0.2) is 4.79 Å². The maximum Gasteiger partial charge on any atom is 0.335 e. The molecule has 9 heteroatoms. The second-order valence-electron chi connectivity index (χ2n) is 5.44. The number of carbonyl (C=O) groups is 3. The molecule has 0 saturated carbocycles. The summed E-state index contributed by atoms with van der Waals surface area (Å²) < 4.78 is 0. The van der Waals surface area contributed by atoms with Crippen LogP contribution in [0.25, 0.3) is 0 Å². The predicted octanol–water partition coefficient (Wildman–Crippen LogP) is -2.79. The zero-order chi connectivity index (χ0) is 16.8. The number of carboxylic acids is 1. The first-order valence-electron chi connectivity index (χ1n) is 6.29. The lowest BCUT2D eigenvalue weighted by Crippen LogP contribution is -2.49. The molecule has 1 amide bonds. The van der Waals surface area contributed by atoms with Crippen LogP contribution in [0.4, 0.5) is 0 Å². The van der Waals surface area contributed by atoms with E-state index in [1.54, 1.807) is 13.8 Å². The zero-order valence-electron chi connectivity index (χ0n) is 11.9. The Kier molecular flexibility index (Phi) is 7.44. The molecule has 7 N–H and O–H groups in total. The number of carbonyl (C=O) groups excluding carboxylic acids is 2. The largest absolute Gasteiger partial charge is 0.479 e. The normalized spacial score (nSPS) is 17.4. The number of nitrogens with two attached hydrogens (primary N) is 1. The molecular weight excluding hydrogens is 284 g/mol. The fourth-order valence-electron chi connectivity index (χ4n) is 1.64. The van der Waals surface area contributed by atoms with Crippen molar-refractivity contribution in [3.05, 3.63) is 0 Å². The number of aliphatic hydroxyl groups is 3. The molecule has 0 aliphatic rings.